The molecule has 0 unspecified atom stereocenters. The van der Waals surface area contributed by atoms with Crippen molar-refractivity contribution in [1.29, 1.82) is 0 Å². The van der Waals surface area contributed by atoms with Crippen LogP contribution in [0.1, 0.15) is 24.8 Å². The van der Waals surface area contributed by atoms with Crippen LogP contribution >= 0.6 is 11.3 Å². The molecule has 1 aromatic carbocycles. The average Bonchev–Trinajstić information content (AvgIpc) is 3.51. The molecule has 0 radical (unpaired) electrons. The van der Waals surface area contributed by atoms with E-state index < -0.39 is 36.1 Å². The molecule has 0 bridgehead atoms. The minimum Gasteiger partial charge on any atom is -0.389 e. The molecule has 0 aliphatic carbocycles. The largest absolute Gasteiger partial charge is 0.389 e. The van der Waals surface area contributed by atoms with E-state index in [0.29, 0.717) is 31.0 Å². The number of sulfonamides is 1. The number of halogens is 1. The normalized spacial score (nSPS) is 20.4. The first-order chi connectivity index (χ1) is 17.0. The number of aromatic nitrogens is 1. The first-order valence-corrected chi connectivity index (χ1v) is 15.3. The summed E-state index contributed by atoms with van der Waals surface area (Å²) in [6.45, 7) is 1.02. The highest BCUT2D eigenvalue weighted by atomic mass is 32.2. The average molecular weight is 561 g/mol. The third-order valence-electron chi connectivity index (χ3n) is 5.87. The first-order valence-electron chi connectivity index (χ1n) is 11.1. The number of ether oxygens (including phenoxy) is 1. The summed E-state index contributed by atoms with van der Waals surface area (Å²) in [5.41, 5.74) is 0.133. The fraction of sp³-hybridized carbons (Fsp3) is 0.476. The van der Waals surface area contributed by atoms with Gasteiger partial charge in [0.1, 0.15) is 9.84 Å². The van der Waals surface area contributed by atoms with E-state index in [-0.39, 0.29) is 53.3 Å². The highest BCUT2D eigenvalue weighted by Gasteiger charge is 2.33. The molecule has 0 saturated carbocycles. The molecule has 1 N–H and O–H groups in total. The Bertz CT molecular complexity index is 1330. The van der Waals surface area contributed by atoms with E-state index in [0.717, 1.165) is 12.5 Å². The minimum absolute atomic E-state index is 0.00378. The zero-order valence-corrected chi connectivity index (χ0v) is 21.7. The summed E-state index contributed by atoms with van der Waals surface area (Å²) in [5.74, 6) is -0.707. The summed E-state index contributed by atoms with van der Waals surface area (Å²) >= 11 is 0.647. The van der Waals surface area contributed by atoms with Crippen molar-refractivity contribution in [3.05, 3.63) is 41.2 Å². The number of nitrogens with zero attached hydrogens (tertiary/aromatic N) is 3. The fourth-order valence-corrected chi connectivity index (χ4v) is 6.93. The van der Waals surface area contributed by atoms with Gasteiger partial charge in [0.15, 0.2) is 22.1 Å². The zero-order valence-electron chi connectivity index (χ0n) is 19.3. The van der Waals surface area contributed by atoms with Gasteiger partial charge in [0.2, 0.25) is 10.0 Å². The number of piperidine rings is 1. The fourth-order valence-electron chi connectivity index (χ4n) is 3.85. The van der Waals surface area contributed by atoms with E-state index in [1.807, 2.05) is 0 Å². The van der Waals surface area contributed by atoms with Gasteiger partial charge in [-0.25, -0.2) is 21.8 Å². The van der Waals surface area contributed by atoms with E-state index >= 15 is 0 Å². The van der Waals surface area contributed by atoms with Gasteiger partial charge in [0.25, 0.3) is 5.91 Å². The lowest BCUT2D eigenvalue weighted by atomic mass is 10.1. The van der Waals surface area contributed by atoms with Gasteiger partial charge < -0.3 is 9.57 Å². The van der Waals surface area contributed by atoms with Crippen molar-refractivity contribution in [2.24, 2.45) is 5.16 Å². The Kier molecular flexibility index (Phi) is 8.04. The van der Waals surface area contributed by atoms with Crippen LogP contribution in [0.3, 0.4) is 0 Å². The maximum Gasteiger partial charge on any atom is 0.280 e. The van der Waals surface area contributed by atoms with Crippen LogP contribution in [-0.4, -0.2) is 81.7 Å². The molecule has 2 aromatic rings. The van der Waals surface area contributed by atoms with Gasteiger partial charge in [-0.3, -0.25) is 10.1 Å². The van der Waals surface area contributed by atoms with Crippen LogP contribution in [0.25, 0.3) is 0 Å². The van der Waals surface area contributed by atoms with Crippen LogP contribution in [0.4, 0.5) is 9.52 Å². The van der Waals surface area contributed by atoms with Gasteiger partial charge in [0.05, 0.1) is 29.6 Å². The number of nitrogens with one attached hydrogen (secondary N) is 1. The molecule has 2 aliphatic heterocycles. The number of carbonyl (C=O) groups excluding carboxylic acids is 1. The molecule has 2 aliphatic rings. The van der Waals surface area contributed by atoms with Crippen LogP contribution in [0.2, 0.25) is 0 Å². The molecule has 1 amide bonds. The predicted molar refractivity (Wildman–Crippen MR) is 131 cm³/mol. The van der Waals surface area contributed by atoms with Crippen molar-refractivity contribution in [2.75, 3.05) is 37.9 Å². The SMILES string of the molecule is CS(=O)(=O)C1CCN(S(=O)(=O)c2ccc(/C(=N\O[C@@H]3CCOC3)C(=O)Nc3ncc(F)s3)cc2)CC1. The number of carbonyl (C=O) groups is 1. The molecule has 2 saturated heterocycles. The number of hydrogen-bond donors (Lipinski definition) is 1. The lowest BCUT2D eigenvalue weighted by Crippen LogP contribution is -2.42. The van der Waals surface area contributed by atoms with E-state index in [2.05, 4.69) is 15.5 Å². The smallest absolute Gasteiger partial charge is 0.280 e. The Balaban J connectivity index is 1.53. The van der Waals surface area contributed by atoms with E-state index in [1.54, 1.807) is 0 Å². The lowest BCUT2D eigenvalue weighted by Gasteiger charge is -2.30. The van der Waals surface area contributed by atoms with Gasteiger partial charge in [-0.05, 0) is 25.0 Å². The molecule has 196 valence electrons. The highest BCUT2D eigenvalue weighted by Crippen LogP contribution is 2.24. The van der Waals surface area contributed by atoms with Crippen LogP contribution < -0.4 is 5.32 Å². The number of benzene rings is 1. The van der Waals surface area contributed by atoms with Crippen LogP contribution in [-0.2, 0) is 34.2 Å². The molecule has 15 heteroatoms. The van der Waals surface area contributed by atoms with Crippen molar-refractivity contribution >= 4 is 47.9 Å². The maximum atomic E-state index is 13.3. The van der Waals surface area contributed by atoms with Crippen molar-refractivity contribution in [3.63, 3.8) is 0 Å². The second kappa shape index (κ2) is 10.9. The Labute approximate surface area is 212 Å². The van der Waals surface area contributed by atoms with E-state index in [4.69, 9.17) is 9.57 Å². The molecular weight excluding hydrogens is 535 g/mol. The topological polar surface area (TPSA) is 144 Å². The van der Waals surface area contributed by atoms with Gasteiger partial charge in [-0.15, -0.1) is 0 Å². The molecular formula is C21H25FN4O7S3. The number of rotatable bonds is 8. The number of oxime groups is 1. The molecule has 0 spiro atoms. The quantitative estimate of drug-likeness (QED) is 0.379. The summed E-state index contributed by atoms with van der Waals surface area (Å²) in [4.78, 5) is 22.1. The molecule has 3 heterocycles. The first kappa shape index (κ1) is 26.6. The Hall–Kier alpha value is -2.46. The highest BCUT2D eigenvalue weighted by molar-refractivity contribution is 7.91. The molecule has 36 heavy (non-hydrogen) atoms. The molecule has 4 rings (SSSR count). The number of thiazole rings is 1. The monoisotopic (exact) mass is 560 g/mol. The summed E-state index contributed by atoms with van der Waals surface area (Å²) in [6.07, 6.45) is 2.86. The molecule has 1 atom stereocenters. The van der Waals surface area contributed by atoms with Crippen molar-refractivity contribution < 1.29 is 35.6 Å². The summed E-state index contributed by atoms with van der Waals surface area (Å²) in [6, 6.07) is 5.53. The van der Waals surface area contributed by atoms with Crippen LogP contribution in [0.15, 0.2) is 40.5 Å². The summed E-state index contributed by atoms with van der Waals surface area (Å²) < 4.78 is 69.5. The molecule has 11 nitrogen and oxygen atoms in total. The van der Waals surface area contributed by atoms with Gasteiger partial charge >= 0.3 is 0 Å². The Morgan fingerprint density at radius 1 is 1.19 bits per heavy atom. The second-order valence-corrected chi connectivity index (χ2v) is 13.7. The van der Waals surface area contributed by atoms with Crippen LogP contribution in [0.5, 0.6) is 0 Å². The molecule has 2 fully saturated rings. The lowest BCUT2D eigenvalue weighted by molar-refractivity contribution is -0.110. The van der Waals surface area contributed by atoms with Gasteiger partial charge in [0, 0.05) is 31.3 Å². The minimum atomic E-state index is -3.86. The maximum absolute atomic E-state index is 13.3. The molecule has 1 aromatic heterocycles. The Morgan fingerprint density at radius 3 is 2.44 bits per heavy atom. The van der Waals surface area contributed by atoms with E-state index in [1.165, 1.54) is 28.6 Å². The number of amides is 1. The standard InChI is InChI=1S/C21H25FN4O7S3/c1-35(28,29)16-6-9-26(10-7-16)36(30,31)17-4-2-14(3-5-17)19(25-33-15-8-11-32-13-15)20(27)24-21-23-12-18(22)34-21/h2-5,12,15-16H,6-11,13H2,1H3,(H,23,24,27)/b25-19+/t15-/m1/s1. The summed E-state index contributed by atoms with van der Waals surface area (Å²) in [7, 11) is -7.10. The number of hydrogen-bond acceptors (Lipinski definition) is 10. The van der Waals surface area contributed by atoms with Crippen LogP contribution in [0, 0.1) is 5.13 Å². The van der Waals surface area contributed by atoms with Crippen molar-refractivity contribution in [2.45, 2.75) is 35.5 Å². The van der Waals surface area contributed by atoms with E-state index in [9.17, 15) is 26.0 Å². The predicted octanol–water partition coefficient (Wildman–Crippen LogP) is 1.63. The van der Waals surface area contributed by atoms with Crippen molar-refractivity contribution in [1.82, 2.24) is 9.29 Å². The van der Waals surface area contributed by atoms with Gasteiger partial charge in [-0.2, -0.15) is 8.70 Å². The van der Waals surface area contributed by atoms with Crippen molar-refractivity contribution in [3.8, 4) is 0 Å². The third-order valence-corrected chi connectivity index (χ3v) is 10.2. The van der Waals surface area contributed by atoms with Gasteiger partial charge in [-0.1, -0.05) is 28.6 Å². The third kappa shape index (κ3) is 6.26. The number of anilines is 1. The zero-order chi connectivity index (χ0) is 25.9. The summed E-state index contributed by atoms with van der Waals surface area (Å²) in [5, 5.41) is 5.35. The number of sulfone groups is 1. The Morgan fingerprint density at radius 2 is 1.89 bits per heavy atom. The second-order valence-electron chi connectivity index (χ2n) is 8.41.